The SMILES string of the molecule is Cc1ccc(OCC(C)NCc2ccc(C)cn2)cc1. The van der Waals surface area contributed by atoms with Crippen molar-refractivity contribution in [1.82, 2.24) is 10.3 Å². The Labute approximate surface area is 121 Å². The summed E-state index contributed by atoms with van der Waals surface area (Å²) in [6, 6.07) is 12.5. The van der Waals surface area contributed by atoms with E-state index in [9.17, 15) is 0 Å². The average molecular weight is 270 g/mol. The molecule has 1 N–H and O–H groups in total. The lowest BCUT2D eigenvalue weighted by Crippen LogP contribution is -2.31. The smallest absolute Gasteiger partial charge is 0.119 e. The van der Waals surface area contributed by atoms with Crippen LogP contribution in [0.1, 0.15) is 23.7 Å². The summed E-state index contributed by atoms with van der Waals surface area (Å²) >= 11 is 0. The molecule has 3 heteroatoms. The van der Waals surface area contributed by atoms with Gasteiger partial charge >= 0.3 is 0 Å². The Morgan fingerprint density at radius 2 is 1.75 bits per heavy atom. The summed E-state index contributed by atoms with van der Waals surface area (Å²) in [7, 11) is 0. The molecule has 0 radical (unpaired) electrons. The van der Waals surface area contributed by atoms with Gasteiger partial charge in [0.1, 0.15) is 12.4 Å². The van der Waals surface area contributed by atoms with Gasteiger partial charge in [-0.15, -0.1) is 0 Å². The number of aromatic nitrogens is 1. The van der Waals surface area contributed by atoms with Crippen molar-refractivity contribution in [1.29, 1.82) is 0 Å². The van der Waals surface area contributed by atoms with Gasteiger partial charge in [-0.3, -0.25) is 4.98 Å². The van der Waals surface area contributed by atoms with E-state index in [1.807, 2.05) is 25.3 Å². The van der Waals surface area contributed by atoms with E-state index < -0.39 is 0 Å². The Hall–Kier alpha value is -1.87. The fourth-order valence-electron chi connectivity index (χ4n) is 1.80. The van der Waals surface area contributed by atoms with Gasteiger partial charge in [-0.25, -0.2) is 0 Å². The van der Waals surface area contributed by atoms with Crippen LogP contribution in [0.5, 0.6) is 5.75 Å². The van der Waals surface area contributed by atoms with Crippen LogP contribution in [-0.2, 0) is 6.54 Å². The van der Waals surface area contributed by atoms with E-state index in [0.717, 1.165) is 18.0 Å². The maximum atomic E-state index is 5.75. The molecule has 1 unspecified atom stereocenters. The van der Waals surface area contributed by atoms with E-state index in [1.165, 1.54) is 11.1 Å². The normalized spacial score (nSPS) is 12.2. The van der Waals surface area contributed by atoms with Gasteiger partial charge in [0.15, 0.2) is 0 Å². The molecule has 0 aliphatic carbocycles. The van der Waals surface area contributed by atoms with E-state index in [0.29, 0.717) is 6.61 Å². The lowest BCUT2D eigenvalue weighted by molar-refractivity contribution is 0.272. The molecule has 0 bridgehead atoms. The van der Waals surface area contributed by atoms with Crippen LogP contribution in [0.2, 0.25) is 0 Å². The van der Waals surface area contributed by atoms with Crippen LogP contribution in [0.25, 0.3) is 0 Å². The molecule has 2 rings (SSSR count). The summed E-state index contributed by atoms with van der Waals surface area (Å²) in [6.07, 6.45) is 1.89. The predicted molar refractivity (Wildman–Crippen MR) is 81.9 cm³/mol. The molecular formula is C17H22N2O. The zero-order valence-electron chi connectivity index (χ0n) is 12.4. The summed E-state index contributed by atoms with van der Waals surface area (Å²) in [5.74, 6) is 0.915. The number of rotatable bonds is 6. The highest BCUT2D eigenvalue weighted by Crippen LogP contribution is 2.11. The minimum Gasteiger partial charge on any atom is -0.492 e. The maximum absolute atomic E-state index is 5.75. The molecule has 106 valence electrons. The molecule has 0 fully saturated rings. The van der Waals surface area contributed by atoms with Gasteiger partial charge in [-0.05, 0) is 44.5 Å². The Bertz CT molecular complexity index is 470. The molecule has 0 saturated carbocycles. The second-order valence-corrected chi connectivity index (χ2v) is 5.23. The Morgan fingerprint density at radius 3 is 2.40 bits per heavy atom. The quantitative estimate of drug-likeness (QED) is 0.875. The fourth-order valence-corrected chi connectivity index (χ4v) is 1.80. The molecule has 1 aromatic carbocycles. The third kappa shape index (κ3) is 4.67. The van der Waals surface area contributed by atoms with E-state index in [4.69, 9.17) is 4.74 Å². The second-order valence-electron chi connectivity index (χ2n) is 5.23. The zero-order chi connectivity index (χ0) is 14.4. The first-order valence-electron chi connectivity index (χ1n) is 6.98. The number of nitrogens with zero attached hydrogens (tertiary/aromatic N) is 1. The van der Waals surface area contributed by atoms with Crippen molar-refractivity contribution in [2.45, 2.75) is 33.4 Å². The molecule has 0 spiro atoms. The topological polar surface area (TPSA) is 34.1 Å². The van der Waals surface area contributed by atoms with Gasteiger partial charge in [-0.1, -0.05) is 23.8 Å². The van der Waals surface area contributed by atoms with Crippen molar-refractivity contribution in [2.24, 2.45) is 0 Å². The van der Waals surface area contributed by atoms with Gasteiger partial charge in [0, 0.05) is 18.8 Å². The number of hydrogen-bond donors (Lipinski definition) is 1. The van der Waals surface area contributed by atoms with E-state index in [2.05, 4.69) is 48.4 Å². The van der Waals surface area contributed by atoms with Gasteiger partial charge in [0.2, 0.25) is 0 Å². The van der Waals surface area contributed by atoms with Gasteiger partial charge in [-0.2, -0.15) is 0 Å². The zero-order valence-corrected chi connectivity index (χ0v) is 12.4. The number of aryl methyl sites for hydroxylation is 2. The Morgan fingerprint density at radius 1 is 1.05 bits per heavy atom. The molecule has 1 atom stereocenters. The third-order valence-electron chi connectivity index (χ3n) is 3.13. The van der Waals surface area contributed by atoms with Crippen LogP contribution in [-0.4, -0.2) is 17.6 Å². The molecule has 0 amide bonds. The summed E-state index contributed by atoms with van der Waals surface area (Å²) < 4.78 is 5.75. The lowest BCUT2D eigenvalue weighted by Gasteiger charge is -2.15. The number of ether oxygens (including phenoxy) is 1. The Balaban J connectivity index is 1.73. The van der Waals surface area contributed by atoms with E-state index >= 15 is 0 Å². The average Bonchev–Trinajstić information content (AvgIpc) is 2.46. The van der Waals surface area contributed by atoms with E-state index in [-0.39, 0.29) is 6.04 Å². The number of nitrogens with one attached hydrogen (secondary N) is 1. The van der Waals surface area contributed by atoms with Gasteiger partial charge in [0.25, 0.3) is 0 Å². The molecule has 1 aromatic heterocycles. The molecule has 0 saturated heterocycles. The molecule has 20 heavy (non-hydrogen) atoms. The maximum Gasteiger partial charge on any atom is 0.119 e. The van der Waals surface area contributed by atoms with Crippen molar-refractivity contribution >= 4 is 0 Å². The first kappa shape index (κ1) is 14.5. The number of pyridine rings is 1. The van der Waals surface area contributed by atoms with Crippen LogP contribution in [0.3, 0.4) is 0 Å². The van der Waals surface area contributed by atoms with Crippen LogP contribution in [0.15, 0.2) is 42.6 Å². The van der Waals surface area contributed by atoms with Crippen molar-refractivity contribution in [3.63, 3.8) is 0 Å². The van der Waals surface area contributed by atoms with E-state index in [1.54, 1.807) is 0 Å². The highest BCUT2D eigenvalue weighted by molar-refractivity contribution is 5.26. The summed E-state index contributed by atoms with van der Waals surface area (Å²) in [6.45, 7) is 7.64. The van der Waals surface area contributed by atoms with Crippen LogP contribution in [0, 0.1) is 13.8 Å². The molecule has 0 aliphatic rings. The highest BCUT2D eigenvalue weighted by atomic mass is 16.5. The summed E-state index contributed by atoms with van der Waals surface area (Å²) in [4.78, 5) is 4.37. The number of benzene rings is 1. The van der Waals surface area contributed by atoms with Crippen LogP contribution >= 0.6 is 0 Å². The van der Waals surface area contributed by atoms with Crippen molar-refractivity contribution in [3.8, 4) is 5.75 Å². The highest BCUT2D eigenvalue weighted by Gasteiger charge is 2.03. The second kappa shape index (κ2) is 7.06. The summed E-state index contributed by atoms with van der Waals surface area (Å²) in [5, 5.41) is 3.41. The first-order valence-corrected chi connectivity index (χ1v) is 6.98. The fraction of sp³-hybridized carbons (Fsp3) is 0.353. The minimum absolute atomic E-state index is 0.277. The predicted octanol–water partition coefficient (Wildman–Crippen LogP) is 3.26. The monoisotopic (exact) mass is 270 g/mol. The van der Waals surface area contributed by atoms with Crippen molar-refractivity contribution < 1.29 is 4.74 Å². The minimum atomic E-state index is 0.277. The Kier molecular flexibility index (Phi) is 5.13. The standard InChI is InChI=1S/C17H22N2O/c1-13-5-8-17(9-6-13)20-12-15(3)18-11-16-7-4-14(2)10-19-16/h4-10,15,18H,11-12H2,1-3H3. The third-order valence-corrected chi connectivity index (χ3v) is 3.13. The van der Waals surface area contributed by atoms with Gasteiger partial charge in [0.05, 0.1) is 5.69 Å². The molecule has 0 aliphatic heterocycles. The van der Waals surface area contributed by atoms with Crippen molar-refractivity contribution in [2.75, 3.05) is 6.61 Å². The van der Waals surface area contributed by atoms with Crippen LogP contribution in [0.4, 0.5) is 0 Å². The molecular weight excluding hydrogens is 248 g/mol. The summed E-state index contributed by atoms with van der Waals surface area (Å²) in [5.41, 5.74) is 3.48. The van der Waals surface area contributed by atoms with Crippen LogP contribution < -0.4 is 10.1 Å². The number of hydrogen-bond acceptors (Lipinski definition) is 3. The van der Waals surface area contributed by atoms with Crippen molar-refractivity contribution in [3.05, 3.63) is 59.4 Å². The molecule has 1 heterocycles. The largest absolute Gasteiger partial charge is 0.492 e. The molecule has 3 nitrogen and oxygen atoms in total. The van der Waals surface area contributed by atoms with Gasteiger partial charge < -0.3 is 10.1 Å². The lowest BCUT2D eigenvalue weighted by atomic mass is 10.2. The first-order chi connectivity index (χ1) is 9.63. The molecule has 2 aromatic rings.